The molecule has 0 N–H and O–H groups in total. The average Bonchev–Trinajstić information content (AvgIpc) is 2.12. The van der Waals surface area contributed by atoms with Gasteiger partial charge in [0.1, 0.15) is 0 Å². The molecule has 15 heavy (non-hydrogen) atoms. The molecule has 0 amide bonds. The summed E-state index contributed by atoms with van der Waals surface area (Å²) in [6.07, 6.45) is 2.05. The van der Waals surface area contributed by atoms with Crippen molar-refractivity contribution in [1.29, 1.82) is 0 Å². The lowest BCUT2D eigenvalue weighted by Gasteiger charge is -2.12. The summed E-state index contributed by atoms with van der Waals surface area (Å²) < 4.78 is 5.92. The Morgan fingerprint density at radius 3 is 2.20 bits per heavy atom. The van der Waals surface area contributed by atoms with E-state index in [2.05, 4.69) is 32.7 Å². The van der Waals surface area contributed by atoms with E-state index < -0.39 is 14.5 Å². The van der Waals surface area contributed by atoms with Crippen LogP contribution in [0.25, 0.3) is 0 Å². The van der Waals surface area contributed by atoms with Gasteiger partial charge in [0.05, 0.1) is 5.76 Å². The Balaban J connectivity index is 4.30. The molecule has 0 unspecified atom stereocenters. The highest BCUT2D eigenvalue weighted by molar-refractivity contribution is 6.51. The van der Waals surface area contributed by atoms with Gasteiger partial charge in [-0.2, -0.15) is 0 Å². The molecule has 0 heterocycles. The predicted octanol–water partition coefficient (Wildman–Crippen LogP) is 3.81. The molecule has 86 valence electrons. The van der Waals surface area contributed by atoms with E-state index >= 15 is 0 Å². The number of hydrogen-bond acceptors (Lipinski definition) is 2. The van der Waals surface area contributed by atoms with Crippen molar-refractivity contribution >= 4 is 20.2 Å². The number of rotatable bonds is 6. The van der Waals surface area contributed by atoms with Gasteiger partial charge in [-0.1, -0.05) is 24.4 Å². The predicted molar refractivity (Wildman–Crippen MR) is 69.8 cm³/mol. The number of nitrogens with zero attached hydrogens (tertiary/aromatic N) is 1. The van der Waals surface area contributed by atoms with Crippen molar-refractivity contribution in [2.45, 2.75) is 58.1 Å². The molecule has 0 atom stereocenters. The van der Waals surface area contributed by atoms with E-state index in [1.165, 1.54) is 10.6 Å². The molecule has 0 fully saturated rings. The lowest BCUT2D eigenvalue weighted by atomic mass is 10.3. The van der Waals surface area contributed by atoms with Crippen LogP contribution in [-0.2, 0) is 3.79 Å². The Morgan fingerprint density at radius 2 is 1.80 bits per heavy atom. The van der Waals surface area contributed by atoms with Gasteiger partial charge in [0.25, 0.3) is 0 Å². The highest BCUT2D eigenvalue weighted by atomic mass is 27.2. The van der Waals surface area contributed by atoms with Crippen LogP contribution in [0, 0.1) is 0 Å². The number of allylic oxidation sites excluding steroid dienone is 2. The van der Waals surface area contributed by atoms with Crippen molar-refractivity contribution in [1.82, 2.24) is 0 Å². The maximum Gasteiger partial charge on any atom is 0.546 e. The standard InChI is InChI=1S/C8H15NO.2C2H5.Al/c1-6(2)9-7(3)5-8(4)10;2*1-2;/h5-6,10H,1-4H3;2*1H2,2H3;/q;;;+1/p-1/b8-5-,9-7?;;;. The van der Waals surface area contributed by atoms with Crippen LogP contribution >= 0.6 is 0 Å². The number of aliphatic imine (C=N–C) groups is 1. The lowest BCUT2D eigenvalue weighted by Crippen LogP contribution is -2.14. The molecule has 0 bridgehead atoms. The molecule has 0 aromatic heterocycles. The molecule has 0 aromatic carbocycles. The van der Waals surface area contributed by atoms with E-state index in [9.17, 15) is 0 Å². The molecule has 0 spiro atoms. The summed E-state index contributed by atoms with van der Waals surface area (Å²) in [5, 5.41) is 2.39. The molecule has 0 rings (SSSR count). The summed E-state index contributed by atoms with van der Waals surface area (Å²) in [5.41, 5.74) is 1.06. The van der Waals surface area contributed by atoms with E-state index in [0.717, 1.165) is 11.5 Å². The number of hydrogen-bond donors (Lipinski definition) is 0. The van der Waals surface area contributed by atoms with Crippen LogP contribution in [0.5, 0.6) is 0 Å². The minimum absolute atomic E-state index is 0.361. The topological polar surface area (TPSA) is 21.6 Å². The summed E-state index contributed by atoms with van der Waals surface area (Å²) in [6.45, 7) is 12.7. The van der Waals surface area contributed by atoms with E-state index in [1.807, 2.05) is 19.9 Å². The van der Waals surface area contributed by atoms with Crippen LogP contribution in [0.3, 0.4) is 0 Å². The first-order valence-electron chi connectivity index (χ1n) is 5.88. The van der Waals surface area contributed by atoms with E-state index in [-0.39, 0.29) is 0 Å². The van der Waals surface area contributed by atoms with Crippen molar-refractivity contribution in [3.63, 3.8) is 0 Å². The average molecular weight is 225 g/mol. The van der Waals surface area contributed by atoms with Gasteiger partial charge in [-0.25, -0.2) is 0 Å². The second kappa shape index (κ2) is 7.96. The molecule has 0 saturated heterocycles. The van der Waals surface area contributed by atoms with Crippen LogP contribution in [0.2, 0.25) is 10.6 Å². The first-order chi connectivity index (χ1) is 6.99. The molecule has 0 radical (unpaired) electrons. The van der Waals surface area contributed by atoms with Gasteiger partial charge in [0.2, 0.25) is 0 Å². The SMILES string of the molecule is C[CH2][Al]([CH2]C)[O]/C(C)=C\C(C)=NC(C)C. The van der Waals surface area contributed by atoms with Crippen molar-refractivity contribution in [2.75, 3.05) is 0 Å². The fraction of sp³-hybridized carbons (Fsp3) is 0.750. The van der Waals surface area contributed by atoms with Gasteiger partial charge >= 0.3 is 14.5 Å². The van der Waals surface area contributed by atoms with Gasteiger partial charge in [-0.3, -0.25) is 4.99 Å². The third kappa shape index (κ3) is 7.65. The third-order valence-electron chi connectivity index (χ3n) is 2.14. The van der Waals surface area contributed by atoms with Crippen molar-refractivity contribution in [2.24, 2.45) is 4.99 Å². The normalized spacial score (nSPS) is 13.3. The Hall–Kier alpha value is -0.258. The molecule has 2 nitrogen and oxygen atoms in total. The Morgan fingerprint density at radius 1 is 1.27 bits per heavy atom. The zero-order chi connectivity index (χ0) is 11.8. The molecular weight excluding hydrogens is 201 g/mol. The summed E-state index contributed by atoms with van der Waals surface area (Å²) in [6, 6.07) is 0.361. The largest absolute Gasteiger partial charge is 0.646 e. The molecule has 3 heteroatoms. The van der Waals surface area contributed by atoms with E-state index in [4.69, 9.17) is 3.79 Å². The first kappa shape index (κ1) is 14.7. The fourth-order valence-electron chi connectivity index (χ4n) is 1.49. The first-order valence-corrected chi connectivity index (χ1v) is 7.99. The second-order valence-electron chi connectivity index (χ2n) is 4.18. The summed E-state index contributed by atoms with van der Waals surface area (Å²) in [5.74, 6) is 1.03. The molecule has 0 aliphatic carbocycles. The van der Waals surface area contributed by atoms with Gasteiger partial charge in [0, 0.05) is 11.8 Å². The fourth-order valence-corrected chi connectivity index (χ4v) is 3.00. The van der Waals surface area contributed by atoms with Crippen LogP contribution in [0.4, 0.5) is 0 Å². The van der Waals surface area contributed by atoms with Crippen LogP contribution in [-0.4, -0.2) is 26.2 Å². The Labute approximate surface area is 99.2 Å². The lowest BCUT2D eigenvalue weighted by molar-refractivity contribution is 0.434. The minimum atomic E-state index is -0.968. The molecule has 0 aliphatic rings. The molecule has 0 aliphatic heterocycles. The highest BCUT2D eigenvalue weighted by Crippen LogP contribution is 2.07. The Bertz CT molecular complexity index is 230. The van der Waals surface area contributed by atoms with E-state index in [1.54, 1.807) is 0 Å². The highest BCUT2D eigenvalue weighted by Gasteiger charge is 2.17. The zero-order valence-corrected chi connectivity index (χ0v) is 12.2. The summed E-state index contributed by atoms with van der Waals surface area (Å²) >= 11 is -0.968. The second-order valence-corrected chi connectivity index (χ2v) is 7.29. The minimum Gasteiger partial charge on any atom is -0.646 e. The molecular formula is C12H24AlNO. The van der Waals surface area contributed by atoms with Crippen LogP contribution < -0.4 is 0 Å². The van der Waals surface area contributed by atoms with Crippen molar-refractivity contribution in [3.05, 3.63) is 11.8 Å². The maximum absolute atomic E-state index is 5.92. The van der Waals surface area contributed by atoms with Gasteiger partial charge in [0.15, 0.2) is 0 Å². The van der Waals surface area contributed by atoms with Crippen molar-refractivity contribution < 1.29 is 3.79 Å². The van der Waals surface area contributed by atoms with Gasteiger partial charge < -0.3 is 3.79 Å². The van der Waals surface area contributed by atoms with E-state index in [0.29, 0.717) is 6.04 Å². The van der Waals surface area contributed by atoms with Gasteiger partial charge in [-0.05, 0) is 33.8 Å². The third-order valence-corrected chi connectivity index (χ3v) is 4.66. The van der Waals surface area contributed by atoms with Crippen LogP contribution in [0.15, 0.2) is 16.8 Å². The quantitative estimate of drug-likeness (QED) is 0.382. The van der Waals surface area contributed by atoms with Gasteiger partial charge in [-0.15, -0.1) is 0 Å². The van der Waals surface area contributed by atoms with Crippen molar-refractivity contribution in [3.8, 4) is 0 Å². The zero-order valence-electron chi connectivity index (χ0n) is 11.0. The van der Waals surface area contributed by atoms with Crippen LogP contribution in [0.1, 0.15) is 41.5 Å². The Kier molecular flexibility index (Phi) is 7.82. The maximum atomic E-state index is 5.92. The smallest absolute Gasteiger partial charge is 0.546 e. The monoisotopic (exact) mass is 225 g/mol. The molecule has 0 aromatic rings. The summed E-state index contributed by atoms with van der Waals surface area (Å²) in [7, 11) is 0. The molecule has 0 saturated carbocycles. The summed E-state index contributed by atoms with van der Waals surface area (Å²) in [4.78, 5) is 4.45.